The van der Waals surface area contributed by atoms with E-state index in [4.69, 9.17) is 18.9 Å². The molecule has 1 aliphatic rings. The summed E-state index contributed by atoms with van der Waals surface area (Å²) in [4.78, 5) is 0. The average Bonchev–Trinajstić information content (AvgIpc) is 2.52. The molecule has 1 heterocycles. The van der Waals surface area contributed by atoms with Gasteiger partial charge >= 0.3 is 0 Å². The molecule has 1 unspecified atom stereocenters. The van der Waals surface area contributed by atoms with E-state index in [1.54, 1.807) is 0 Å². The summed E-state index contributed by atoms with van der Waals surface area (Å²) in [7, 11) is 0. The van der Waals surface area contributed by atoms with Crippen molar-refractivity contribution in [2.75, 3.05) is 33.0 Å². The van der Waals surface area contributed by atoms with E-state index in [9.17, 15) is 0 Å². The quantitative estimate of drug-likeness (QED) is 0.747. The highest BCUT2D eigenvalue weighted by atomic mass is 16.7. The molecule has 0 aromatic heterocycles. The van der Waals surface area contributed by atoms with Gasteiger partial charge in [0.25, 0.3) is 0 Å². The number of hydrogen-bond donors (Lipinski definition) is 1. The predicted octanol–water partition coefficient (Wildman–Crippen LogP) is 2.51. The Kier molecular flexibility index (Phi) is 6.29. The third kappa shape index (κ3) is 4.09. The van der Waals surface area contributed by atoms with Crippen LogP contribution in [-0.2, 0) is 9.47 Å². The summed E-state index contributed by atoms with van der Waals surface area (Å²) < 4.78 is 22.7. The topological polar surface area (TPSA) is 49.0 Å². The molecular formula is C16H25NO4. The van der Waals surface area contributed by atoms with Gasteiger partial charge in [0.15, 0.2) is 17.8 Å². The fourth-order valence-corrected chi connectivity index (χ4v) is 2.41. The van der Waals surface area contributed by atoms with E-state index in [-0.39, 0.29) is 12.3 Å². The van der Waals surface area contributed by atoms with Crippen molar-refractivity contribution in [3.63, 3.8) is 0 Å². The lowest BCUT2D eigenvalue weighted by Gasteiger charge is -2.29. The van der Waals surface area contributed by atoms with Crippen LogP contribution in [0.15, 0.2) is 18.2 Å². The first-order valence-electron chi connectivity index (χ1n) is 7.66. The normalized spacial score (nSPS) is 15.2. The Balaban J connectivity index is 2.23. The highest BCUT2D eigenvalue weighted by molar-refractivity contribution is 5.44. The molecule has 5 nitrogen and oxygen atoms in total. The van der Waals surface area contributed by atoms with Gasteiger partial charge in [-0.1, -0.05) is 13.0 Å². The molecule has 1 atom stereocenters. The maximum absolute atomic E-state index is 5.74. The summed E-state index contributed by atoms with van der Waals surface area (Å²) in [5.74, 6) is 1.58. The van der Waals surface area contributed by atoms with Crippen LogP contribution in [0.2, 0.25) is 0 Å². The molecule has 0 aliphatic carbocycles. The minimum absolute atomic E-state index is 0.0364. The molecule has 0 saturated carbocycles. The summed E-state index contributed by atoms with van der Waals surface area (Å²) in [5.41, 5.74) is 1.08. The molecule has 5 heteroatoms. The largest absolute Gasteiger partial charge is 0.486 e. The van der Waals surface area contributed by atoms with Gasteiger partial charge < -0.3 is 24.3 Å². The molecular weight excluding hydrogens is 270 g/mol. The van der Waals surface area contributed by atoms with Gasteiger partial charge in [-0.15, -0.1) is 0 Å². The second-order valence-corrected chi connectivity index (χ2v) is 4.72. The van der Waals surface area contributed by atoms with E-state index in [1.807, 2.05) is 32.0 Å². The lowest BCUT2D eigenvalue weighted by molar-refractivity contribution is -0.155. The zero-order valence-electron chi connectivity index (χ0n) is 13.1. The Hall–Kier alpha value is -1.30. The van der Waals surface area contributed by atoms with Crippen molar-refractivity contribution >= 4 is 0 Å². The first-order valence-corrected chi connectivity index (χ1v) is 7.66. The van der Waals surface area contributed by atoms with Gasteiger partial charge in [0.1, 0.15) is 13.2 Å². The molecule has 0 saturated heterocycles. The first kappa shape index (κ1) is 16.1. The van der Waals surface area contributed by atoms with E-state index in [2.05, 4.69) is 12.2 Å². The van der Waals surface area contributed by atoms with E-state index in [0.717, 1.165) is 23.6 Å². The second kappa shape index (κ2) is 8.22. The van der Waals surface area contributed by atoms with Crippen LogP contribution in [-0.4, -0.2) is 39.3 Å². The third-order valence-corrected chi connectivity index (χ3v) is 3.28. The Morgan fingerprint density at radius 2 is 1.71 bits per heavy atom. The molecule has 0 amide bonds. The number of nitrogens with one attached hydrogen (secondary N) is 1. The van der Waals surface area contributed by atoms with Crippen LogP contribution in [0.4, 0.5) is 0 Å². The minimum atomic E-state index is -0.317. The lowest BCUT2D eigenvalue weighted by atomic mass is 10.1. The zero-order chi connectivity index (χ0) is 15.1. The number of ether oxygens (including phenoxy) is 4. The number of hydrogen-bond acceptors (Lipinski definition) is 5. The Labute approximate surface area is 126 Å². The molecule has 1 aromatic rings. The smallest absolute Gasteiger partial charge is 0.176 e. The Morgan fingerprint density at radius 1 is 1.05 bits per heavy atom. The maximum Gasteiger partial charge on any atom is 0.176 e. The average molecular weight is 295 g/mol. The SMILES string of the molecule is CCNC(c1ccc2c(c1)OCCO2)C(OCC)OCC. The third-order valence-electron chi connectivity index (χ3n) is 3.28. The van der Waals surface area contributed by atoms with E-state index < -0.39 is 0 Å². The second-order valence-electron chi connectivity index (χ2n) is 4.72. The van der Waals surface area contributed by atoms with Crippen molar-refractivity contribution < 1.29 is 18.9 Å². The molecule has 1 aromatic carbocycles. The van der Waals surface area contributed by atoms with Crippen LogP contribution in [0.25, 0.3) is 0 Å². The van der Waals surface area contributed by atoms with Crippen LogP contribution >= 0.6 is 0 Å². The van der Waals surface area contributed by atoms with Crippen molar-refractivity contribution in [3.8, 4) is 11.5 Å². The van der Waals surface area contributed by atoms with Gasteiger partial charge in [-0.05, 0) is 38.1 Å². The summed E-state index contributed by atoms with van der Waals surface area (Å²) in [6.07, 6.45) is -0.317. The molecule has 0 radical (unpaired) electrons. The fourth-order valence-electron chi connectivity index (χ4n) is 2.41. The van der Waals surface area contributed by atoms with Crippen LogP contribution in [0.3, 0.4) is 0 Å². The highest BCUT2D eigenvalue weighted by Gasteiger charge is 2.25. The zero-order valence-corrected chi connectivity index (χ0v) is 13.1. The highest BCUT2D eigenvalue weighted by Crippen LogP contribution is 2.34. The Morgan fingerprint density at radius 3 is 2.33 bits per heavy atom. The summed E-state index contributed by atoms with van der Waals surface area (Å²) in [5, 5.41) is 3.43. The fraction of sp³-hybridized carbons (Fsp3) is 0.625. The van der Waals surface area contributed by atoms with Crippen LogP contribution in [0, 0.1) is 0 Å². The van der Waals surface area contributed by atoms with Gasteiger partial charge in [0.2, 0.25) is 0 Å². The molecule has 1 N–H and O–H groups in total. The number of benzene rings is 1. The van der Waals surface area contributed by atoms with E-state index in [1.165, 1.54) is 0 Å². The van der Waals surface area contributed by atoms with Crippen molar-refractivity contribution in [1.29, 1.82) is 0 Å². The summed E-state index contributed by atoms with van der Waals surface area (Å²) in [6, 6.07) is 5.95. The summed E-state index contributed by atoms with van der Waals surface area (Å²) >= 11 is 0. The molecule has 0 fully saturated rings. The van der Waals surface area contributed by atoms with Crippen molar-refractivity contribution in [1.82, 2.24) is 5.32 Å². The van der Waals surface area contributed by atoms with Crippen LogP contribution < -0.4 is 14.8 Å². The monoisotopic (exact) mass is 295 g/mol. The summed E-state index contributed by atoms with van der Waals surface area (Å²) in [6.45, 7) is 9.24. The van der Waals surface area contributed by atoms with Gasteiger partial charge in [-0.3, -0.25) is 0 Å². The molecule has 118 valence electrons. The predicted molar refractivity (Wildman–Crippen MR) is 80.9 cm³/mol. The Bertz CT molecular complexity index is 432. The minimum Gasteiger partial charge on any atom is -0.486 e. The van der Waals surface area contributed by atoms with Gasteiger partial charge in [0.05, 0.1) is 6.04 Å². The van der Waals surface area contributed by atoms with Crippen molar-refractivity contribution in [2.45, 2.75) is 33.1 Å². The first-order chi connectivity index (χ1) is 10.3. The number of likely N-dealkylation sites (N-methyl/N-ethyl adjacent to an activating group) is 1. The van der Waals surface area contributed by atoms with Gasteiger partial charge in [-0.25, -0.2) is 0 Å². The molecule has 2 rings (SSSR count). The lowest BCUT2D eigenvalue weighted by Crippen LogP contribution is -2.36. The van der Waals surface area contributed by atoms with Crippen molar-refractivity contribution in [3.05, 3.63) is 23.8 Å². The van der Waals surface area contributed by atoms with E-state index >= 15 is 0 Å². The van der Waals surface area contributed by atoms with E-state index in [0.29, 0.717) is 26.4 Å². The molecule has 1 aliphatic heterocycles. The van der Waals surface area contributed by atoms with Crippen LogP contribution in [0.1, 0.15) is 32.4 Å². The van der Waals surface area contributed by atoms with Crippen molar-refractivity contribution in [2.24, 2.45) is 0 Å². The maximum atomic E-state index is 5.74. The number of fused-ring (bicyclic) bond motifs is 1. The number of rotatable bonds is 8. The molecule has 0 bridgehead atoms. The molecule has 0 spiro atoms. The molecule has 21 heavy (non-hydrogen) atoms. The van der Waals surface area contributed by atoms with Gasteiger partial charge in [-0.2, -0.15) is 0 Å². The van der Waals surface area contributed by atoms with Crippen LogP contribution in [0.5, 0.6) is 11.5 Å². The standard InChI is InChI=1S/C16H25NO4/c1-4-17-15(16(18-5-2)19-6-3)12-7-8-13-14(11-12)21-10-9-20-13/h7-8,11,15-17H,4-6,9-10H2,1-3H3. The van der Waals surface area contributed by atoms with Gasteiger partial charge in [0, 0.05) is 13.2 Å².